The molecular formula is C24H26N4O3. The van der Waals surface area contributed by atoms with Crippen LogP contribution < -0.4 is 10.3 Å². The number of amides is 1. The summed E-state index contributed by atoms with van der Waals surface area (Å²) in [5.41, 5.74) is 1.97. The van der Waals surface area contributed by atoms with Gasteiger partial charge in [-0.05, 0) is 49.6 Å². The van der Waals surface area contributed by atoms with Crippen molar-refractivity contribution >= 4 is 5.91 Å². The molecule has 160 valence electrons. The molecule has 1 atom stereocenters. The normalized spacial score (nSPS) is 16.2. The number of carbonyl (C=O) groups is 1. The van der Waals surface area contributed by atoms with Crippen LogP contribution in [-0.2, 0) is 11.2 Å². The fraction of sp³-hybridized carbons (Fsp3) is 0.333. The van der Waals surface area contributed by atoms with Crippen molar-refractivity contribution in [1.82, 2.24) is 19.9 Å². The van der Waals surface area contributed by atoms with Crippen LogP contribution in [0.2, 0.25) is 0 Å². The molecule has 0 aliphatic carbocycles. The van der Waals surface area contributed by atoms with Crippen LogP contribution in [0.15, 0.2) is 59.5 Å². The Balaban J connectivity index is 1.46. The highest BCUT2D eigenvalue weighted by Crippen LogP contribution is 2.26. The molecule has 3 aromatic rings. The first-order valence-electron chi connectivity index (χ1n) is 10.6. The zero-order valence-corrected chi connectivity index (χ0v) is 17.6. The molecule has 7 heteroatoms. The molecule has 4 rings (SSSR count). The first-order valence-corrected chi connectivity index (χ1v) is 10.6. The summed E-state index contributed by atoms with van der Waals surface area (Å²) < 4.78 is 5.46. The molecule has 0 spiro atoms. The van der Waals surface area contributed by atoms with Gasteiger partial charge in [0.05, 0.1) is 24.4 Å². The molecule has 0 saturated carbocycles. The van der Waals surface area contributed by atoms with Crippen molar-refractivity contribution in [3.05, 3.63) is 76.5 Å². The van der Waals surface area contributed by atoms with E-state index in [9.17, 15) is 9.59 Å². The lowest BCUT2D eigenvalue weighted by Crippen LogP contribution is -2.40. The van der Waals surface area contributed by atoms with Crippen LogP contribution in [-0.4, -0.2) is 45.5 Å². The van der Waals surface area contributed by atoms with Gasteiger partial charge < -0.3 is 14.6 Å². The predicted octanol–water partition coefficient (Wildman–Crippen LogP) is 3.18. The SMILES string of the molecule is CCOc1ccc(CC(=O)N2CCC[C@H](c3nc(-c4ccccn4)cc(=O)[nH]3)C2)cc1. The molecule has 1 aliphatic heterocycles. The topological polar surface area (TPSA) is 88.2 Å². The van der Waals surface area contributed by atoms with Gasteiger partial charge in [-0.2, -0.15) is 0 Å². The minimum absolute atomic E-state index is 0.00519. The standard InChI is InChI=1S/C24H26N4O3/c1-2-31-19-10-8-17(9-11-19)14-23(30)28-13-5-6-18(16-28)24-26-21(15-22(29)27-24)20-7-3-4-12-25-20/h3-4,7-12,15,18H,2,5-6,13-14,16H2,1H3,(H,26,27,29)/t18-/m0/s1. The Bertz CT molecular complexity index is 1080. The Kier molecular flexibility index (Phi) is 6.40. The average Bonchev–Trinajstić information content (AvgIpc) is 2.81. The molecule has 1 aromatic carbocycles. The van der Waals surface area contributed by atoms with Crippen molar-refractivity contribution in [2.75, 3.05) is 19.7 Å². The molecule has 3 heterocycles. The second-order valence-corrected chi connectivity index (χ2v) is 7.66. The van der Waals surface area contributed by atoms with Crippen LogP contribution in [0.1, 0.15) is 37.1 Å². The monoisotopic (exact) mass is 418 g/mol. The number of pyridine rings is 1. The maximum absolute atomic E-state index is 12.9. The predicted molar refractivity (Wildman–Crippen MR) is 118 cm³/mol. The maximum Gasteiger partial charge on any atom is 0.251 e. The third-order valence-corrected chi connectivity index (χ3v) is 5.44. The van der Waals surface area contributed by atoms with Crippen molar-refractivity contribution in [2.45, 2.75) is 32.1 Å². The number of piperidine rings is 1. The van der Waals surface area contributed by atoms with Gasteiger partial charge in [-0.1, -0.05) is 18.2 Å². The molecule has 2 aromatic heterocycles. The van der Waals surface area contributed by atoms with Crippen molar-refractivity contribution in [3.63, 3.8) is 0 Å². The zero-order valence-electron chi connectivity index (χ0n) is 17.6. The van der Waals surface area contributed by atoms with Crippen LogP contribution in [0.4, 0.5) is 0 Å². The fourth-order valence-electron chi connectivity index (χ4n) is 3.90. The summed E-state index contributed by atoms with van der Waals surface area (Å²) in [6, 6.07) is 14.6. The second kappa shape index (κ2) is 9.55. The van der Waals surface area contributed by atoms with Crippen LogP contribution in [0.5, 0.6) is 5.75 Å². The molecule has 1 amide bonds. The Labute approximate surface area is 181 Å². The third-order valence-electron chi connectivity index (χ3n) is 5.44. The molecule has 7 nitrogen and oxygen atoms in total. The molecule has 1 N–H and O–H groups in total. The molecule has 0 radical (unpaired) electrons. The van der Waals surface area contributed by atoms with E-state index >= 15 is 0 Å². The van der Waals surface area contributed by atoms with E-state index in [1.54, 1.807) is 6.20 Å². The third kappa shape index (κ3) is 5.17. The first-order chi connectivity index (χ1) is 15.1. The number of rotatable bonds is 6. The number of nitrogens with zero attached hydrogens (tertiary/aromatic N) is 3. The molecule has 0 bridgehead atoms. The maximum atomic E-state index is 12.9. The largest absolute Gasteiger partial charge is 0.494 e. The summed E-state index contributed by atoms with van der Waals surface area (Å²) in [7, 11) is 0. The van der Waals surface area contributed by atoms with Crippen molar-refractivity contribution < 1.29 is 9.53 Å². The number of hydrogen-bond acceptors (Lipinski definition) is 5. The number of hydrogen-bond donors (Lipinski definition) is 1. The number of H-pyrrole nitrogens is 1. The minimum Gasteiger partial charge on any atom is -0.494 e. The fourth-order valence-corrected chi connectivity index (χ4v) is 3.90. The van der Waals surface area contributed by atoms with Gasteiger partial charge in [-0.3, -0.25) is 14.6 Å². The number of ether oxygens (including phenoxy) is 1. The number of nitrogens with one attached hydrogen (secondary N) is 1. The van der Waals surface area contributed by atoms with Gasteiger partial charge >= 0.3 is 0 Å². The average molecular weight is 418 g/mol. The van der Waals surface area contributed by atoms with Crippen molar-refractivity contribution in [2.24, 2.45) is 0 Å². The summed E-state index contributed by atoms with van der Waals surface area (Å²) in [5, 5.41) is 0. The van der Waals surface area contributed by atoms with Crippen LogP contribution in [0, 0.1) is 0 Å². The number of likely N-dealkylation sites (tertiary alicyclic amines) is 1. The Morgan fingerprint density at radius 3 is 2.77 bits per heavy atom. The lowest BCUT2D eigenvalue weighted by atomic mass is 9.96. The van der Waals surface area contributed by atoms with E-state index in [0.717, 1.165) is 30.7 Å². The molecule has 1 aliphatic rings. The summed E-state index contributed by atoms with van der Waals surface area (Å²) in [6.07, 6.45) is 3.77. The van der Waals surface area contributed by atoms with E-state index < -0.39 is 0 Å². The summed E-state index contributed by atoms with van der Waals surface area (Å²) in [4.78, 5) is 38.8. The molecule has 1 fully saturated rings. The van der Waals surface area contributed by atoms with Gasteiger partial charge in [0.2, 0.25) is 5.91 Å². The van der Waals surface area contributed by atoms with Crippen molar-refractivity contribution in [1.29, 1.82) is 0 Å². The van der Waals surface area contributed by atoms with Gasteiger partial charge in [-0.25, -0.2) is 4.98 Å². The molecule has 31 heavy (non-hydrogen) atoms. The minimum atomic E-state index is -0.205. The first kappa shape index (κ1) is 20.8. The van der Waals surface area contributed by atoms with Gasteiger partial charge in [0.15, 0.2) is 0 Å². The highest BCUT2D eigenvalue weighted by Gasteiger charge is 2.26. The van der Waals surface area contributed by atoms with E-state index in [0.29, 0.717) is 36.8 Å². The van der Waals surface area contributed by atoms with Gasteiger partial charge in [0.25, 0.3) is 5.56 Å². The highest BCUT2D eigenvalue weighted by molar-refractivity contribution is 5.79. The second-order valence-electron chi connectivity index (χ2n) is 7.66. The smallest absolute Gasteiger partial charge is 0.251 e. The van der Waals surface area contributed by atoms with Crippen LogP contribution >= 0.6 is 0 Å². The Hall–Kier alpha value is -3.48. The Morgan fingerprint density at radius 2 is 2.03 bits per heavy atom. The van der Waals surface area contributed by atoms with E-state index in [2.05, 4.69) is 15.0 Å². The van der Waals surface area contributed by atoms with Crippen LogP contribution in [0.25, 0.3) is 11.4 Å². The van der Waals surface area contributed by atoms with E-state index in [4.69, 9.17) is 4.74 Å². The molecule has 1 saturated heterocycles. The molecular weight excluding hydrogens is 392 g/mol. The highest BCUT2D eigenvalue weighted by atomic mass is 16.5. The quantitative estimate of drug-likeness (QED) is 0.664. The number of carbonyl (C=O) groups excluding carboxylic acids is 1. The number of aromatic nitrogens is 3. The lowest BCUT2D eigenvalue weighted by molar-refractivity contribution is -0.131. The summed E-state index contributed by atoms with van der Waals surface area (Å²) in [6.45, 7) is 3.82. The van der Waals surface area contributed by atoms with E-state index in [-0.39, 0.29) is 17.4 Å². The van der Waals surface area contributed by atoms with Gasteiger partial charge in [-0.15, -0.1) is 0 Å². The van der Waals surface area contributed by atoms with Gasteiger partial charge in [0.1, 0.15) is 11.6 Å². The van der Waals surface area contributed by atoms with E-state index in [1.807, 2.05) is 54.3 Å². The lowest BCUT2D eigenvalue weighted by Gasteiger charge is -2.32. The zero-order chi connectivity index (χ0) is 21.6. The number of benzene rings is 1. The molecule has 0 unspecified atom stereocenters. The summed E-state index contributed by atoms with van der Waals surface area (Å²) in [5.74, 6) is 1.50. The van der Waals surface area contributed by atoms with Crippen molar-refractivity contribution in [3.8, 4) is 17.1 Å². The van der Waals surface area contributed by atoms with E-state index in [1.165, 1.54) is 6.07 Å². The van der Waals surface area contributed by atoms with Gasteiger partial charge in [0, 0.05) is 31.3 Å². The summed E-state index contributed by atoms with van der Waals surface area (Å²) >= 11 is 0. The Morgan fingerprint density at radius 1 is 1.19 bits per heavy atom. The van der Waals surface area contributed by atoms with Crippen LogP contribution in [0.3, 0.4) is 0 Å². The number of aromatic amines is 1.